The molecule has 6 rings (SSSR count). The molecule has 1 aromatic carbocycles. The van der Waals surface area contributed by atoms with Crippen LogP contribution in [0.25, 0.3) is 26.1 Å². The number of benzene rings is 1. The quantitative estimate of drug-likeness (QED) is 0.231. The predicted molar refractivity (Wildman–Crippen MR) is 145 cm³/mol. The molecule has 0 bridgehead atoms. The van der Waals surface area contributed by atoms with Gasteiger partial charge >= 0.3 is 0 Å². The molecule has 12 heteroatoms. The summed E-state index contributed by atoms with van der Waals surface area (Å²) < 4.78 is 8.31. The maximum absolute atomic E-state index is 13.6. The van der Waals surface area contributed by atoms with Gasteiger partial charge < -0.3 is 20.7 Å². The van der Waals surface area contributed by atoms with Crippen molar-refractivity contribution in [3.05, 3.63) is 64.4 Å². The Kier molecular flexibility index (Phi) is 6.43. The van der Waals surface area contributed by atoms with Gasteiger partial charge in [-0.15, -0.1) is 11.3 Å². The minimum Gasteiger partial charge on any atom is -0.379 e. The van der Waals surface area contributed by atoms with E-state index in [2.05, 4.69) is 31.0 Å². The minimum absolute atomic E-state index is 0.131. The van der Waals surface area contributed by atoms with Crippen molar-refractivity contribution in [2.45, 2.75) is 0 Å². The molecule has 1 saturated heterocycles. The van der Waals surface area contributed by atoms with E-state index in [1.54, 1.807) is 24.4 Å². The van der Waals surface area contributed by atoms with Crippen LogP contribution in [0.5, 0.6) is 0 Å². The molecule has 4 N–H and O–H groups in total. The maximum Gasteiger partial charge on any atom is 0.258 e. The fourth-order valence-corrected chi connectivity index (χ4v) is 5.64. The van der Waals surface area contributed by atoms with Crippen molar-refractivity contribution in [2.75, 3.05) is 56.7 Å². The number of aromatic amines is 1. The fourth-order valence-electron chi connectivity index (χ4n) is 4.46. The van der Waals surface area contributed by atoms with E-state index in [1.807, 2.05) is 28.7 Å². The second kappa shape index (κ2) is 10.2. The van der Waals surface area contributed by atoms with Crippen LogP contribution < -0.4 is 21.4 Å². The molecule has 190 valence electrons. The third-order valence-corrected chi connectivity index (χ3v) is 7.47. The van der Waals surface area contributed by atoms with Gasteiger partial charge in [0, 0.05) is 26.2 Å². The molecule has 1 aliphatic heterocycles. The molecule has 0 unspecified atom stereocenters. The van der Waals surface area contributed by atoms with Gasteiger partial charge in [-0.05, 0) is 30.3 Å². The topological polar surface area (TPSA) is 129 Å². The van der Waals surface area contributed by atoms with Crippen molar-refractivity contribution in [3.63, 3.8) is 0 Å². The van der Waals surface area contributed by atoms with E-state index < -0.39 is 5.91 Å². The molecule has 0 aliphatic carbocycles. The smallest absolute Gasteiger partial charge is 0.258 e. The number of carbonyl (C=O) groups is 1. The third-order valence-electron chi connectivity index (χ3n) is 6.33. The first-order valence-electron chi connectivity index (χ1n) is 12.1. The van der Waals surface area contributed by atoms with Crippen LogP contribution in [0.3, 0.4) is 0 Å². The number of rotatable bonds is 8. The zero-order chi connectivity index (χ0) is 25.2. The molecule has 1 amide bonds. The number of thiazole rings is 1. The lowest BCUT2D eigenvalue weighted by Crippen LogP contribution is -2.39. The first-order valence-corrected chi connectivity index (χ1v) is 12.9. The van der Waals surface area contributed by atoms with Gasteiger partial charge in [-0.3, -0.25) is 24.0 Å². The summed E-state index contributed by atoms with van der Waals surface area (Å²) >= 11 is 1.42. The number of fused-ring (bicyclic) bond motifs is 5. The molecule has 0 spiro atoms. The van der Waals surface area contributed by atoms with Gasteiger partial charge in [-0.25, -0.2) is 4.98 Å². The molecule has 0 atom stereocenters. The van der Waals surface area contributed by atoms with Crippen molar-refractivity contribution in [2.24, 2.45) is 0 Å². The van der Waals surface area contributed by atoms with E-state index in [-0.39, 0.29) is 11.0 Å². The van der Waals surface area contributed by atoms with Crippen LogP contribution in [-0.2, 0) is 4.74 Å². The van der Waals surface area contributed by atoms with E-state index in [0.29, 0.717) is 54.7 Å². The Bertz CT molecular complexity index is 1620. The number of ether oxygens (including phenoxy) is 1. The summed E-state index contributed by atoms with van der Waals surface area (Å²) in [5.74, 6) is 1.03. The lowest BCUT2D eigenvalue weighted by molar-refractivity contribution is 0.0414. The first kappa shape index (κ1) is 23.4. The molecular formula is C25H26N8O3S. The summed E-state index contributed by atoms with van der Waals surface area (Å²) in [7, 11) is 0. The van der Waals surface area contributed by atoms with Crippen LogP contribution in [0.4, 0.5) is 11.6 Å². The summed E-state index contributed by atoms with van der Waals surface area (Å²) in [6, 6.07) is 13.2. The van der Waals surface area contributed by atoms with E-state index >= 15 is 0 Å². The van der Waals surface area contributed by atoms with E-state index in [1.165, 1.54) is 11.3 Å². The summed E-state index contributed by atoms with van der Waals surface area (Å²) in [5.41, 5.74) is 1.24. The number of aromatic nitrogens is 4. The highest BCUT2D eigenvalue weighted by Gasteiger charge is 2.22. The van der Waals surface area contributed by atoms with E-state index in [9.17, 15) is 9.59 Å². The van der Waals surface area contributed by atoms with Gasteiger partial charge in [0.25, 0.3) is 5.91 Å². The lowest BCUT2D eigenvalue weighted by atomic mass is 10.1. The van der Waals surface area contributed by atoms with E-state index in [4.69, 9.17) is 9.72 Å². The highest BCUT2D eigenvalue weighted by molar-refractivity contribution is 7.24. The van der Waals surface area contributed by atoms with Gasteiger partial charge in [-0.1, -0.05) is 12.1 Å². The van der Waals surface area contributed by atoms with Gasteiger partial charge in [0.05, 0.1) is 41.7 Å². The number of morpholine rings is 1. The van der Waals surface area contributed by atoms with Gasteiger partial charge in [-0.2, -0.15) is 5.10 Å². The van der Waals surface area contributed by atoms with Crippen LogP contribution in [0, 0.1) is 0 Å². The molecule has 1 aliphatic rings. The largest absolute Gasteiger partial charge is 0.379 e. The average molecular weight is 519 g/mol. The number of carbonyl (C=O) groups excluding carboxylic acids is 1. The number of nitrogens with zero attached hydrogens (tertiary/aromatic N) is 4. The van der Waals surface area contributed by atoms with Crippen molar-refractivity contribution < 1.29 is 9.53 Å². The molecule has 5 aromatic rings. The van der Waals surface area contributed by atoms with Gasteiger partial charge in [0.15, 0.2) is 5.65 Å². The Morgan fingerprint density at radius 1 is 1.08 bits per heavy atom. The molecule has 37 heavy (non-hydrogen) atoms. The molecule has 1 fully saturated rings. The lowest BCUT2D eigenvalue weighted by Gasteiger charge is -2.26. The van der Waals surface area contributed by atoms with Crippen molar-refractivity contribution in [3.8, 4) is 0 Å². The molecular weight excluding hydrogens is 492 g/mol. The number of hydrogen-bond donors (Lipinski definition) is 4. The maximum atomic E-state index is 13.6. The Hall–Kier alpha value is -4.00. The monoisotopic (exact) mass is 518 g/mol. The number of para-hydroxylation sites is 1. The number of amides is 1. The van der Waals surface area contributed by atoms with Crippen LogP contribution in [-0.4, -0.2) is 76.5 Å². The molecule has 0 radical (unpaired) electrons. The Balaban J connectivity index is 1.35. The molecule has 5 heterocycles. The SMILES string of the molecule is O=C(NCCNc1ccn[nH]1)c1c(=O)c2ccc(NCN3CCOCC3)nc2n2c1sc1ccccc12. The minimum atomic E-state index is -0.406. The van der Waals surface area contributed by atoms with Crippen LogP contribution in [0.2, 0.25) is 0 Å². The van der Waals surface area contributed by atoms with Crippen LogP contribution >= 0.6 is 11.3 Å². The van der Waals surface area contributed by atoms with Crippen LogP contribution in [0.15, 0.2) is 53.5 Å². The number of anilines is 2. The Morgan fingerprint density at radius 3 is 2.78 bits per heavy atom. The normalized spacial score (nSPS) is 14.4. The first-order chi connectivity index (χ1) is 18.2. The summed E-state index contributed by atoms with van der Waals surface area (Å²) in [5, 5.41) is 16.5. The average Bonchev–Trinajstić information content (AvgIpc) is 3.58. The molecule has 11 nitrogen and oxygen atoms in total. The predicted octanol–water partition coefficient (Wildman–Crippen LogP) is 2.33. The van der Waals surface area contributed by atoms with Crippen molar-refractivity contribution in [1.82, 2.24) is 29.8 Å². The number of hydrogen-bond acceptors (Lipinski definition) is 9. The van der Waals surface area contributed by atoms with Crippen molar-refractivity contribution >= 4 is 55.0 Å². The number of H-pyrrole nitrogens is 1. The summed E-state index contributed by atoms with van der Waals surface area (Å²) in [6.07, 6.45) is 1.65. The summed E-state index contributed by atoms with van der Waals surface area (Å²) in [6.45, 7) is 4.61. The number of pyridine rings is 2. The molecule has 4 aromatic heterocycles. The number of nitrogens with one attached hydrogen (secondary N) is 4. The Labute approximate surface area is 215 Å². The fraction of sp³-hybridized carbons (Fsp3) is 0.280. The second-order valence-electron chi connectivity index (χ2n) is 8.70. The molecule has 0 saturated carbocycles. The van der Waals surface area contributed by atoms with Crippen molar-refractivity contribution in [1.29, 1.82) is 0 Å². The van der Waals surface area contributed by atoms with Gasteiger partial charge in [0.1, 0.15) is 22.0 Å². The highest BCUT2D eigenvalue weighted by Crippen LogP contribution is 2.31. The zero-order valence-corrected chi connectivity index (χ0v) is 20.8. The van der Waals surface area contributed by atoms with Gasteiger partial charge in [0.2, 0.25) is 5.43 Å². The highest BCUT2D eigenvalue weighted by atomic mass is 32.1. The summed E-state index contributed by atoms with van der Waals surface area (Å²) in [4.78, 5) is 34.6. The standard InChI is InChI=1S/C25H26N8O3S/c34-22-16-5-6-19(28-15-32-11-13-36-14-12-32)30-23(16)33-17-3-1-2-4-18(17)37-25(33)21(22)24(35)27-10-9-26-20-7-8-29-31-20/h1-8H,9-15H2,(H,27,35)(H,28,30)(H2,26,29,31). The second-order valence-corrected chi connectivity index (χ2v) is 9.73. The van der Waals surface area contributed by atoms with Crippen LogP contribution in [0.1, 0.15) is 10.4 Å². The Morgan fingerprint density at radius 2 is 1.95 bits per heavy atom. The van der Waals surface area contributed by atoms with E-state index in [0.717, 1.165) is 29.1 Å². The zero-order valence-electron chi connectivity index (χ0n) is 20.0. The third kappa shape index (κ3) is 4.61.